The molecular formula is C20H30N2O4. The van der Waals surface area contributed by atoms with E-state index < -0.39 is 5.41 Å². The fourth-order valence-electron chi connectivity index (χ4n) is 3.17. The minimum Gasteiger partial charge on any atom is -0.493 e. The molecule has 1 aliphatic rings. The van der Waals surface area contributed by atoms with Gasteiger partial charge in [-0.1, -0.05) is 6.07 Å². The quantitative estimate of drug-likeness (QED) is 0.757. The monoisotopic (exact) mass is 362 g/mol. The van der Waals surface area contributed by atoms with Gasteiger partial charge in [-0.2, -0.15) is 0 Å². The standard InChI is InChI=1S/C20H30N2O4/c1-20(2,19(24)22-12-6-5-7-13-22)18(23)21-11-10-15-8-9-16(25-3)17(14-15)26-4/h8-9,14H,5-7,10-13H2,1-4H3,(H,21,23). The average molecular weight is 362 g/mol. The van der Waals surface area contributed by atoms with Gasteiger partial charge in [0.25, 0.3) is 0 Å². The van der Waals surface area contributed by atoms with Crippen LogP contribution < -0.4 is 14.8 Å². The van der Waals surface area contributed by atoms with E-state index in [2.05, 4.69) is 5.32 Å². The zero-order chi connectivity index (χ0) is 19.2. The van der Waals surface area contributed by atoms with Crippen LogP contribution in [0.1, 0.15) is 38.7 Å². The number of carbonyl (C=O) groups excluding carboxylic acids is 2. The third-order valence-corrected chi connectivity index (χ3v) is 4.89. The molecule has 1 N–H and O–H groups in total. The van der Waals surface area contributed by atoms with Crippen molar-refractivity contribution in [2.45, 2.75) is 39.5 Å². The second-order valence-corrected chi connectivity index (χ2v) is 7.17. The fourth-order valence-corrected chi connectivity index (χ4v) is 3.17. The maximum Gasteiger partial charge on any atom is 0.237 e. The van der Waals surface area contributed by atoms with E-state index in [1.165, 1.54) is 0 Å². The molecule has 0 bridgehead atoms. The molecule has 1 saturated heterocycles. The van der Waals surface area contributed by atoms with E-state index >= 15 is 0 Å². The maximum atomic E-state index is 12.7. The number of methoxy groups -OCH3 is 2. The van der Waals surface area contributed by atoms with Crippen LogP contribution in [0.2, 0.25) is 0 Å². The van der Waals surface area contributed by atoms with Gasteiger partial charge in [0.2, 0.25) is 11.8 Å². The number of nitrogens with one attached hydrogen (secondary N) is 1. The lowest BCUT2D eigenvalue weighted by atomic mass is 9.89. The number of benzene rings is 1. The summed E-state index contributed by atoms with van der Waals surface area (Å²) in [6.45, 7) is 5.37. The second kappa shape index (κ2) is 8.92. The summed E-state index contributed by atoms with van der Waals surface area (Å²) < 4.78 is 10.5. The number of hydrogen-bond donors (Lipinski definition) is 1. The summed E-state index contributed by atoms with van der Waals surface area (Å²) in [5.41, 5.74) is -0.0160. The topological polar surface area (TPSA) is 67.9 Å². The Morgan fingerprint density at radius 1 is 1.08 bits per heavy atom. The Kier molecular flexibility index (Phi) is 6.89. The lowest BCUT2D eigenvalue weighted by Gasteiger charge is -2.33. The van der Waals surface area contributed by atoms with Crippen molar-refractivity contribution >= 4 is 11.8 Å². The Morgan fingerprint density at radius 3 is 2.35 bits per heavy atom. The summed E-state index contributed by atoms with van der Waals surface area (Å²) in [6, 6.07) is 5.69. The van der Waals surface area contributed by atoms with E-state index in [1.807, 2.05) is 23.1 Å². The van der Waals surface area contributed by atoms with Crippen LogP contribution in [0.5, 0.6) is 11.5 Å². The molecule has 1 aromatic rings. The normalized spacial score (nSPS) is 14.7. The van der Waals surface area contributed by atoms with Gasteiger partial charge in [0, 0.05) is 19.6 Å². The molecule has 1 aromatic carbocycles. The lowest BCUT2D eigenvalue weighted by Crippen LogP contribution is -2.51. The van der Waals surface area contributed by atoms with Crippen LogP contribution in [0.15, 0.2) is 18.2 Å². The third kappa shape index (κ3) is 4.68. The van der Waals surface area contributed by atoms with Crippen LogP contribution in [0.4, 0.5) is 0 Å². The van der Waals surface area contributed by atoms with Gasteiger partial charge < -0.3 is 19.7 Å². The van der Waals surface area contributed by atoms with Crippen molar-refractivity contribution in [1.82, 2.24) is 10.2 Å². The molecule has 0 saturated carbocycles. The highest BCUT2D eigenvalue weighted by atomic mass is 16.5. The molecule has 2 amide bonds. The number of nitrogens with zero attached hydrogens (tertiary/aromatic N) is 1. The first-order valence-electron chi connectivity index (χ1n) is 9.18. The third-order valence-electron chi connectivity index (χ3n) is 4.89. The van der Waals surface area contributed by atoms with E-state index in [4.69, 9.17) is 9.47 Å². The molecule has 2 rings (SSSR count). The molecule has 0 unspecified atom stereocenters. The minimum absolute atomic E-state index is 0.0826. The highest BCUT2D eigenvalue weighted by Crippen LogP contribution is 2.27. The maximum absolute atomic E-state index is 12.7. The minimum atomic E-state index is -1.05. The van der Waals surface area contributed by atoms with Crippen molar-refractivity contribution in [3.05, 3.63) is 23.8 Å². The largest absolute Gasteiger partial charge is 0.493 e. The van der Waals surface area contributed by atoms with Gasteiger partial charge in [-0.15, -0.1) is 0 Å². The van der Waals surface area contributed by atoms with Crippen molar-refractivity contribution in [3.63, 3.8) is 0 Å². The van der Waals surface area contributed by atoms with Gasteiger partial charge >= 0.3 is 0 Å². The SMILES string of the molecule is COc1ccc(CCNC(=O)C(C)(C)C(=O)N2CCCCC2)cc1OC. The predicted molar refractivity (Wildman–Crippen MR) is 100 cm³/mol. The summed E-state index contributed by atoms with van der Waals surface area (Å²) in [6.07, 6.45) is 3.84. The Labute approximate surface area is 155 Å². The van der Waals surface area contributed by atoms with Crippen molar-refractivity contribution in [1.29, 1.82) is 0 Å². The molecule has 144 valence electrons. The number of amides is 2. The summed E-state index contributed by atoms with van der Waals surface area (Å²) in [7, 11) is 3.19. The van der Waals surface area contributed by atoms with Gasteiger partial charge in [0.05, 0.1) is 14.2 Å². The fraction of sp³-hybridized carbons (Fsp3) is 0.600. The first-order valence-corrected chi connectivity index (χ1v) is 9.18. The molecule has 0 spiro atoms. The van der Waals surface area contributed by atoms with E-state index in [-0.39, 0.29) is 11.8 Å². The van der Waals surface area contributed by atoms with E-state index in [0.29, 0.717) is 24.5 Å². The Morgan fingerprint density at radius 2 is 1.73 bits per heavy atom. The Balaban J connectivity index is 1.90. The lowest BCUT2D eigenvalue weighted by molar-refractivity contribution is -0.149. The highest BCUT2D eigenvalue weighted by Gasteiger charge is 2.39. The smallest absolute Gasteiger partial charge is 0.237 e. The van der Waals surface area contributed by atoms with Crippen molar-refractivity contribution in [2.24, 2.45) is 5.41 Å². The molecule has 0 aromatic heterocycles. The summed E-state index contributed by atoms with van der Waals surface area (Å²) in [5.74, 6) is 1.03. The van der Waals surface area contributed by atoms with Crippen LogP contribution in [-0.4, -0.2) is 50.6 Å². The number of hydrogen-bond acceptors (Lipinski definition) is 4. The number of likely N-dealkylation sites (tertiary alicyclic amines) is 1. The molecule has 1 heterocycles. The number of ether oxygens (including phenoxy) is 2. The van der Waals surface area contributed by atoms with Gasteiger partial charge in [0.1, 0.15) is 5.41 Å². The summed E-state index contributed by atoms with van der Waals surface area (Å²) >= 11 is 0. The predicted octanol–water partition coefficient (Wildman–Crippen LogP) is 2.40. The molecule has 0 radical (unpaired) electrons. The number of carbonyl (C=O) groups is 2. The zero-order valence-corrected chi connectivity index (χ0v) is 16.3. The average Bonchev–Trinajstić information content (AvgIpc) is 2.67. The number of piperidine rings is 1. The molecule has 1 aliphatic heterocycles. The molecular weight excluding hydrogens is 332 g/mol. The summed E-state index contributed by atoms with van der Waals surface area (Å²) in [4.78, 5) is 27.1. The van der Waals surface area contributed by atoms with Crippen LogP contribution >= 0.6 is 0 Å². The van der Waals surface area contributed by atoms with Gasteiger partial charge in [-0.05, 0) is 57.2 Å². The van der Waals surface area contributed by atoms with Crippen LogP contribution in [0.3, 0.4) is 0 Å². The van der Waals surface area contributed by atoms with Crippen LogP contribution in [0, 0.1) is 5.41 Å². The molecule has 0 aliphatic carbocycles. The van der Waals surface area contributed by atoms with E-state index in [0.717, 1.165) is 37.9 Å². The van der Waals surface area contributed by atoms with Gasteiger partial charge in [0.15, 0.2) is 11.5 Å². The van der Waals surface area contributed by atoms with E-state index in [1.54, 1.807) is 28.1 Å². The molecule has 0 atom stereocenters. The van der Waals surface area contributed by atoms with Gasteiger partial charge in [-0.25, -0.2) is 0 Å². The second-order valence-electron chi connectivity index (χ2n) is 7.17. The van der Waals surface area contributed by atoms with Crippen LogP contribution in [0.25, 0.3) is 0 Å². The van der Waals surface area contributed by atoms with Gasteiger partial charge in [-0.3, -0.25) is 9.59 Å². The first kappa shape index (κ1) is 20.1. The molecule has 26 heavy (non-hydrogen) atoms. The molecule has 1 fully saturated rings. The van der Waals surface area contributed by atoms with Crippen LogP contribution in [-0.2, 0) is 16.0 Å². The van der Waals surface area contributed by atoms with Crippen molar-refractivity contribution in [2.75, 3.05) is 33.9 Å². The number of rotatable bonds is 7. The van der Waals surface area contributed by atoms with Crippen molar-refractivity contribution in [3.8, 4) is 11.5 Å². The highest BCUT2D eigenvalue weighted by molar-refractivity contribution is 6.04. The molecule has 6 nitrogen and oxygen atoms in total. The molecule has 6 heteroatoms. The Bertz CT molecular complexity index is 637. The first-order chi connectivity index (χ1) is 12.4. The zero-order valence-electron chi connectivity index (χ0n) is 16.3. The van der Waals surface area contributed by atoms with E-state index in [9.17, 15) is 9.59 Å². The van der Waals surface area contributed by atoms with Crippen molar-refractivity contribution < 1.29 is 19.1 Å². The Hall–Kier alpha value is -2.24. The summed E-state index contributed by atoms with van der Waals surface area (Å²) in [5, 5.41) is 2.90.